The number of hydrogen-bond donors (Lipinski definition) is 2. The van der Waals surface area contributed by atoms with Crippen LogP contribution in [0.3, 0.4) is 0 Å². The average Bonchev–Trinajstić information content (AvgIpc) is 2.92. The highest BCUT2D eigenvalue weighted by atomic mass is 19.3. The van der Waals surface area contributed by atoms with Gasteiger partial charge in [0.25, 0.3) is 5.92 Å². The van der Waals surface area contributed by atoms with E-state index in [1.807, 2.05) is 18.2 Å². The van der Waals surface area contributed by atoms with E-state index in [4.69, 9.17) is 4.74 Å². The van der Waals surface area contributed by atoms with Crippen molar-refractivity contribution in [3.8, 4) is 16.9 Å². The first-order valence-electron chi connectivity index (χ1n) is 13.0. The standard InChI is InChI=1S/C33H33F3O3/c1-21(2)28-17-25(20-39-31-7-5-4-6-24(31)18-37)30(19-38)32(23-10-14-27(34)15-11-23)29(28)16-22-8-12-26(13-9-22)33(3,35)36/h4-15,17,21,37-38H,16,18-20H2,1-3H3. The van der Waals surface area contributed by atoms with Gasteiger partial charge in [-0.25, -0.2) is 13.2 Å². The van der Waals surface area contributed by atoms with Crippen molar-refractivity contribution in [1.82, 2.24) is 0 Å². The first-order chi connectivity index (χ1) is 18.6. The van der Waals surface area contributed by atoms with E-state index in [1.54, 1.807) is 36.4 Å². The molecule has 0 aliphatic rings. The lowest BCUT2D eigenvalue weighted by atomic mass is 9.82. The Bertz CT molecular complexity index is 1410. The van der Waals surface area contributed by atoms with Crippen molar-refractivity contribution in [1.29, 1.82) is 0 Å². The predicted molar refractivity (Wildman–Crippen MR) is 147 cm³/mol. The van der Waals surface area contributed by atoms with Crippen LogP contribution in [0.1, 0.15) is 65.6 Å². The van der Waals surface area contributed by atoms with Crippen LogP contribution in [0, 0.1) is 5.82 Å². The molecule has 0 unspecified atom stereocenters. The van der Waals surface area contributed by atoms with Gasteiger partial charge in [0, 0.05) is 18.1 Å². The molecule has 0 amide bonds. The Morgan fingerprint density at radius 3 is 2.08 bits per heavy atom. The molecular formula is C33H33F3O3. The summed E-state index contributed by atoms with van der Waals surface area (Å²) in [7, 11) is 0. The van der Waals surface area contributed by atoms with Crippen LogP contribution in [0.5, 0.6) is 5.75 Å². The summed E-state index contributed by atoms with van der Waals surface area (Å²) in [4.78, 5) is 0. The molecule has 4 aromatic carbocycles. The van der Waals surface area contributed by atoms with Crippen molar-refractivity contribution in [2.45, 2.75) is 58.9 Å². The molecule has 3 nitrogen and oxygen atoms in total. The first kappa shape index (κ1) is 28.4. The molecular weight excluding hydrogens is 501 g/mol. The molecule has 0 aliphatic carbocycles. The maximum Gasteiger partial charge on any atom is 0.270 e. The number of halogens is 3. The Morgan fingerprint density at radius 1 is 0.821 bits per heavy atom. The highest BCUT2D eigenvalue weighted by molar-refractivity contribution is 5.75. The quantitative estimate of drug-likeness (QED) is 0.218. The lowest BCUT2D eigenvalue weighted by Crippen LogP contribution is -2.11. The summed E-state index contributed by atoms with van der Waals surface area (Å²) in [6, 6.07) is 21.7. The highest BCUT2D eigenvalue weighted by Gasteiger charge is 2.25. The van der Waals surface area contributed by atoms with E-state index in [1.165, 1.54) is 24.3 Å². The van der Waals surface area contributed by atoms with E-state index in [0.717, 1.165) is 40.3 Å². The Morgan fingerprint density at radius 2 is 1.49 bits per heavy atom. The molecule has 0 aliphatic heterocycles. The van der Waals surface area contributed by atoms with Crippen molar-refractivity contribution in [2.24, 2.45) is 0 Å². The summed E-state index contributed by atoms with van der Waals surface area (Å²) in [5, 5.41) is 20.3. The number of rotatable bonds is 10. The maximum atomic E-state index is 13.9. The molecule has 6 heteroatoms. The monoisotopic (exact) mass is 534 g/mol. The summed E-state index contributed by atoms with van der Waals surface area (Å²) in [6.07, 6.45) is 0.442. The van der Waals surface area contributed by atoms with Crippen molar-refractivity contribution >= 4 is 0 Å². The van der Waals surface area contributed by atoms with E-state index in [9.17, 15) is 23.4 Å². The Balaban J connectivity index is 1.86. The predicted octanol–water partition coefficient (Wildman–Crippen LogP) is 7.88. The summed E-state index contributed by atoms with van der Waals surface area (Å²) in [5.74, 6) is -2.66. The number of ether oxygens (including phenoxy) is 1. The Labute approximate surface area is 227 Å². The number of benzene rings is 4. The molecule has 0 spiro atoms. The minimum absolute atomic E-state index is 0.0548. The molecule has 0 heterocycles. The van der Waals surface area contributed by atoms with Crippen LogP contribution >= 0.6 is 0 Å². The lowest BCUT2D eigenvalue weighted by Gasteiger charge is -2.24. The minimum atomic E-state index is -2.93. The van der Waals surface area contributed by atoms with Gasteiger partial charge in [-0.05, 0) is 69.5 Å². The van der Waals surface area contributed by atoms with Crippen LogP contribution in [0.15, 0.2) is 78.9 Å². The number of alkyl halides is 2. The zero-order chi connectivity index (χ0) is 28.2. The SMILES string of the molecule is CC(C)c1cc(COc2ccccc2CO)c(CO)c(-c2ccc(F)cc2)c1Cc1ccc(C(C)(F)F)cc1. The second-order valence-electron chi connectivity index (χ2n) is 10.1. The van der Waals surface area contributed by atoms with Crippen LogP contribution in [-0.4, -0.2) is 10.2 Å². The Kier molecular flexibility index (Phi) is 8.78. The molecule has 0 radical (unpaired) electrons. The highest BCUT2D eigenvalue weighted by Crippen LogP contribution is 2.38. The smallest absolute Gasteiger partial charge is 0.270 e. The van der Waals surface area contributed by atoms with E-state index in [0.29, 0.717) is 23.3 Å². The molecule has 204 valence electrons. The molecule has 39 heavy (non-hydrogen) atoms. The van der Waals surface area contributed by atoms with Crippen LogP contribution in [0.2, 0.25) is 0 Å². The fourth-order valence-corrected chi connectivity index (χ4v) is 4.88. The number of hydrogen-bond acceptors (Lipinski definition) is 3. The third-order valence-corrected chi connectivity index (χ3v) is 6.95. The van der Waals surface area contributed by atoms with Crippen LogP contribution in [-0.2, 0) is 32.2 Å². The van der Waals surface area contributed by atoms with E-state index in [2.05, 4.69) is 13.8 Å². The average molecular weight is 535 g/mol. The second-order valence-corrected chi connectivity index (χ2v) is 10.1. The van der Waals surface area contributed by atoms with Gasteiger partial charge < -0.3 is 14.9 Å². The largest absolute Gasteiger partial charge is 0.489 e. The Hall–Kier alpha value is -3.61. The zero-order valence-corrected chi connectivity index (χ0v) is 22.3. The van der Waals surface area contributed by atoms with Crippen molar-refractivity contribution in [3.63, 3.8) is 0 Å². The molecule has 0 fully saturated rings. The molecule has 0 saturated heterocycles. The fourth-order valence-electron chi connectivity index (χ4n) is 4.88. The van der Waals surface area contributed by atoms with Crippen molar-refractivity contribution in [2.75, 3.05) is 0 Å². The van der Waals surface area contributed by atoms with Gasteiger partial charge in [-0.3, -0.25) is 0 Å². The molecule has 2 N–H and O–H groups in total. The molecule has 4 aromatic rings. The first-order valence-corrected chi connectivity index (χ1v) is 13.0. The summed E-state index contributed by atoms with van der Waals surface area (Å²) in [6.45, 7) is 4.72. The van der Waals surface area contributed by atoms with E-state index < -0.39 is 5.92 Å². The fraction of sp³-hybridized carbons (Fsp3) is 0.273. The van der Waals surface area contributed by atoms with E-state index in [-0.39, 0.29) is 37.1 Å². The third kappa shape index (κ3) is 6.52. The van der Waals surface area contributed by atoms with Crippen LogP contribution in [0.25, 0.3) is 11.1 Å². The van der Waals surface area contributed by atoms with Crippen molar-refractivity contribution in [3.05, 3.63) is 124 Å². The second kappa shape index (κ2) is 12.1. The molecule has 0 atom stereocenters. The molecule has 0 saturated carbocycles. The minimum Gasteiger partial charge on any atom is -0.489 e. The van der Waals surface area contributed by atoms with Gasteiger partial charge in [0.05, 0.1) is 13.2 Å². The molecule has 4 rings (SSSR count). The van der Waals surface area contributed by atoms with Crippen LogP contribution in [0.4, 0.5) is 13.2 Å². The van der Waals surface area contributed by atoms with Crippen LogP contribution < -0.4 is 4.74 Å². The number of aliphatic hydroxyl groups excluding tert-OH is 2. The van der Waals surface area contributed by atoms with E-state index >= 15 is 0 Å². The van der Waals surface area contributed by atoms with Gasteiger partial charge in [0.1, 0.15) is 18.2 Å². The van der Waals surface area contributed by atoms with Gasteiger partial charge in [-0.1, -0.05) is 74.5 Å². The topological polar surface area (TPSA) is 49.7 Å². The molecule has 0 aromatic heterocycles. The zero-order valence-electron chi connectivity index (χ0n) is 22.3. The third-order valence-electron chi connectivity index (χ3n) is 6.95. The van der Waals surface area contributed by atoms with Gasteiger partial charge in [-0.15, -0.1) is 0 Å². The summed E-state index contributed by atoms with van der Waals surface area (Å²) < 4.78 is 47.6. The molecule has 0 bridgehead atoms. The number of aliphatic hydroxyl groups is 2. The van der Waals surface area contributed by atoms with Gasteiger partial charge in [-0.2, -0.15) is 0 Å². The van der Waals surface area contributed by atoms with Crippen molar-refractivity contribution < 1.29 is 28.1 Å². The van der Waals surface area contributed by atoms with Gasteiger partial charge in [0.2, 0.25) is 0 Å². The number of para-hydroxylation sites is 1. The normalized spacial score (nSPS) is 11.7. The van der Waals surface area contributed by atoms with Gasteiger partial charge >= 0.3 is 0 Å². The summed E-state index contributed by atoms with van der Waals surface area (Å²) >= 11 is 0. The maximum absolute atomic E-state index is 13.9. The summed E-state index contributed by atoms with van der Waals surface area (Å²) in [5.41, 5.74) is 6.36. The van der Waals surface area contributed by atoms with Gasteiger partial charge in [0.15, 0.2) is 0 Å². The lowest BCUT2D eigenvalue weighted by molar-refractivity contribution is 0.0174.